The van der Waals surface area contributed by atoms with Crippen molar-refractivity contribution in [2.75, 3.05) is 6.26 Å². The molecule has 1 aliphatic carbocycles. The van der Waals surface area contributed by atoms with Gasteiger partial charge in [0.25, 0.3) is 0 Å². The maximum Gasteiger partial charge on any atom is 0.209 e. The second-order valence-corrected chi connectivity index (χ2v) is 8.81. The third-order valence-electron chi connectivity index (χ3n) is 4.16. The first kappa shape index (κ1) is 15.6. The van der Waals surface area contributed by atoms with Crippen molar-refractivity contribution in [1.29, 1.82) is 0 Å². The first-order valence-corrected chi connectivity index (χ1v) is 10.2. The molecule has 3 aromatic rings. The van der Waals surface area contributed by atoms with Crippen molar-refractivity contribution in [1.82, 2.24) is 19.5 Å². The molecule has 0 aliphatic heterocycles. The predicted octanol–water partition coefficient (Wildman–Crippen LogP) is 2.41. The fourth-order valence-electron chi connectivity index (χ4n) is 3.22. The number of hydrogen-bond acceptors (Lipinski definition) is 5. The molecule has 2 aromatic carbocycles. The number of benzene rings is 2. The van der Waals surface area contributed by atoms with Crippen LogP contribution in [-0.4, -0.2) is 29.4 Å². The van der Waals surface area contributed by atoms with Gasteiger partial charge in [0.15, 0.2) is 5.16 Å². The number of aryl methyl sites for hydroxylation is 1. The van der Waals surface area contributed by atoms with Crippen molar-refractivity contribution in [2.24, 2.45) is 7.05 Å². The third kappa shape index (κ3) is 2.60. The van der Waals surface area contributed by atoms with Crippen molar-refractivity contribution in [2.45, 2.75) is 16.4 Å². The molecule has 1 aromatic heterocycles. The Kier molecular flexibility index (Phi) is 3.63. The molecular formula is C16H16N4O2S2. The van der Waals surface area contributed by atoms with Gasteiger partial charge in [0.1, 0.15) is 6.33 Å². The number of rotatable bonds is 4. The van der Waals surface area contributed by atoms with E-state index in [1.54, 1.807) is 6.33 Å². The molecule has 0 amide bonds. The highest BCUT2D eigenvalue weighted by atomic mass is 32.2. The monoisotopic (exact) mass is 360 g/mol. The number of nitrogens with zero attached hydrogens (tertiary/aromatic N) is 3. The van der Waals surface area contributed by atoms with Crippen molar-refractivity contribution in [3.63, 3.8) is 0 Å². The molecule has 0 spiro atoms. The van der Waals surface area contributed by atoms with Gasteiger partial charge in [-0.1, -0.05) is 48.2 Å². The summed E-state index contributed by atoms with van der Waals surface area (Å²) in [4.78, 5) is 0. The summed E-state index contributed by atoms with van der Waals surface area (Å²) in [6.45, 7) is 0. The lowest BCUT2D eigenvalue weighted by atomic mass is 10.1. The molecule has 8 heteroatoms. The van der Waals surface area contributed by atoms with Gasteiger partial charge < -0.3 is 4.57 Å². The predicted molar refractivity (Wildman–Crippen MR) is 94.3 cm³/mol. The van der Waals surface area contributed by atoms with Crippen LogP contribution in [0.25, 0.3) is 10.8 Å². The van der Waals surface area contributed by atoms with Crippen LogP contribution in [0.5, 0.6) is 0 Å². The first-order chi connectivity index (χ1) is 11.4. The molecule has 0 saturated heterocycles. The fraction of sp³-hybridized carbons (Fsp3) is 0.250. The molecule has 0 bridgehead atoms. The zero-order valence-electron chi connectivity index (χ0n) is 13.2. The fourth-order valence-corrected chi connectivity index (χ4v) is 5.24. The molecule has 0 saturated carbocycles. The Morgan fingerprint density at radius 2 is 1.88 bits per heavy atom. The van der Waals surface area contributed by atoms with E-state index in [0.717, 1.165) is 27.1 Å². The summed E-state index contributed by atoms with van der Waals surface area (Å²) in [6.07, 6.45) is 2.84. The van der Waals surface area contributed by atoms with E-state index in [4.69, 9.17) is 0 Å². The molecule has 1 aliphatic rings. The van der Waals surface area contributed by atoms with Crippen LogP contribution in [0.1, 0.15) is 22.4 Å². The molecule has 124 valence electrons. The Balaban J connectivity index is 1.87. The Labute approximate surface area is 144 Å². The largest absolute Gasteiger partial charge is 0.312 e. The number of nitrogens with one attached hydrogen (secondary N) is 1. The molecular weight excluding hydrogens is 344 g/mol. The van der Waals surface area contributed by atoms with E-state index in [9.17, 15) is 8.42 Å². The minimum Gasteiger partial charge on any atom is -0.312 e. The molecule has 1 N–H and O–H groups in total. The van der Waals surface area contributed by atoms with E-state index in [0.29, 0.717) is 0 Å². The van der Waals surface area contributed by atoms with E-state index in [2.05, 4.69) is 33.1 Å². The number of aromatic nitrogens is 3. The Morgan fingerprint density at radius 1 is 1.17 bits per heavy atom. The van der Waals surface area contributed by atoms with E-state index in [-0.39, 0.29) is 11.3 Å². The standard InChI is InChI=1S/C16H16N4O2S2/c1-20-9-17-18-16(20)23-15-12-8-4-6-10-5-3-7-11(13(10)12)14(15)19-24(2,21)22/h3-9,14-15,19H,1-2H3/t14-,15-/m0/s1. The second kappa shape index (κ2) is 5.58. The van der Waals surface area contributed by atoms with Crippen molar-refractivity contribution in [3.8, 4) is 0 Å². The summed E-state index contributed by atoms with van der Waals surface area (Å²) in [5.74, 6) is 0. The molecule has 0 radical (unpaired) electrons. The lowest BCUT2D eigenvalue weighted by molar-refractivity contribution is 0.563. The molecule has 1 heterocycles. The van der Waals surface area contributed by atoms with E-state index in [1.807, 2.05) is 29.8 Å². The summed E-state index contributed by atoms with van der Waals surface area (Å²) in [6, 6.07) is 11.8. The number of sulfonamides is 1. The van der Waals surface area contributed by atoms with Gasteiger partial charge in [-0.25, -0.2) is 13.1 Å². The van der Waals surface area contributed by atoms with E-state index >= 15 is 0 Å². The van der Waals surface area contributed by atoms with Gasteiger partial charge in [0.05, 0.1) is 17.5 Å². The van der Waals surface area contributed by atoms with Crippen LogP contribution in [0.15, 0.2) is 47.9 Å². The van der Waals surface area contributed by atoms with Gasteiger partial charge in [0, 0.05) is 7.05 Å². The molecule has 4 rings (SSSR count). The minimum atomic E-state index is -3.35. The lowest BCUT2D eigenvalue weighted by Gasteiger charge is -2.21. The lowest BCUT2D eigenvalue weighted by Crippen LogP contribution is -2.28. The molecule has 2 atom stereocenters. The highest BCUT2D eigenvalue weighted by Crippen LogP contribution is 2.52. The first-order valence-electron chi connectivity index (χ1n) is 7.43. The molecule has 0 fully saturated rings. The quantitative estimate of drug-likeness (QED) is 0.773. The number of thioether (sulfide) groups is 1. The number of hydrogen-bond donors (Lipinski definition) is 1. The SMILES string of the molecule is Cn1cnnc1S[C@H]1c2cccc3cccc(c23)[C@@H]1NS(C)(=O)=O. The van der Waals surface area contributed by atoms with Crippen LogP contribution in [-0.2, 0) is 17.1 Å². The molecule has 0 unspecified atom stereocenters. The molecule has 6 nitrogen and oxygen atoms in total. The zero-order valence-corrected chi connectivity index (χ0v) is 14.8. The average Bonchev–Trinajstić information content (AvgIpc) is 3.05. The summed E-state index contributed by atoms with van der Waals surface area (Å²) < 4.78 is 28.5. The summed E-state index contributed by atoms with van der Waals surface area (Å²) >= 11 is 1.53. The maximum atomic E-state index is 11.9. The van der Waals surface area contributed by atoms with E-state index < -0.39 is 10.0 Å². The Morgan fingerprint density at radius 3 is 2.50 bits per heavy atom. The topological polar surface area (TPSA) is 76.9 Å². The van der Waals surface area contributed by atoms with Crippen molar-refractivity contribution in [3.05, 3.63) is 53.9 Å². The smallest absolute Gasteiger partial charge is 0.209 e. The van der Waals surface area contributed by atoms with Gasteiger partial charge in [0.2, 0.25) is 10.0 Å². The van der Waals surface area contributed by atoms with Crippen LogP contribution in [0, 0.1) is 0 Å². The minimum absolute atomic E-state index is 0.0938. The van der Waals surface area contributed by atoms with Crippen molar-refractivity contribution < 1.29 is 8.42 Å². The van der Waals surface area contributed by atoms with Crippen LogP contribution in [0.4, 0.5) is 0 Å². The average molecular weight is 360 g/mol. The van der Waals surface area contributed by atoms with E-state index in [1.165, 1.54) is 18.0 Å². The Bertz CT molecular complexity index is 1020. The van der Waals surface area contributed by atoms with Crippen LogP contribution >= 0.6 is 11.8 Å². The second-order valence-electron chi connectivity index (χ2n) is 5.92. The van der Waals surface area contributed by atoms with Crippen LogP contribution < -0.4 is 4.72 Å². The summed E-state index contributed by atoms with van der Waals surface area (Å²) in [5.41, 5.74) is 2.13. The van der Waals surface area contributed by atoms with Crippen LogP contribution in [0.2, 0.25) is 0 Å². The zero-order chi connectivity index (χ0) is 16.9. The van der Waals surface area contributed by atoms with Crippen LogP contribution in [0.3, 0.4) is 0 Å². The van der Waals surface area contributed by atoms with Crippen molar-refractivity contribution >= 4 is 32.6 Å². The highest BCUT2D eigenvalue weighted by Gasteiger charge is 2.37. The summed E-state index contributed by atoms with van der Waals surface area (Å²) in [7, 11) is -1.47. The van der Waals surface area contributed by atoms with Gasteiger partial charge >= 0.3 is 0 Å². The van der Waals surface area contributed by atoms with Gasteiger partial charge in [-0.3, -0.25) is 0 Å². The summed E-state index contributed by atoms with van der Waals surface area (Å²) in [5, 5.41) is 11.0. The van der Waals surface area contributed by atoms with Gasteiger partial charge in [-0.15, -0.1) is 10.2 Å². The third-order valence-corrected chi connectivity index (χ3v) is 6.20. The Hall–Kier alpha value is -1.90. The molecule has 24 heavy (non-hydrogen) atoms. The van der Waals surface area contributed by atoms with Gasteiger partial charge in [-0.05, 0) is 21.9 Å². The van der Waals surface area contributed by atoms with Gasteiger partial charge in [-0.2, -0.15) is 0 Å². The normalized spacial score (nSPS) is 19.9. The highest BCUT2D eigenvalue weighted by molar-refractivity contribution is 7.99. The maximum absolute atomic E-state index is 11.9.